The molecule has 0 atom stereocenters. The third-order valence-corrected chi connectivity index (χ3v) is 5.20. The van der Waals surface area contributed by atoms with Gasteiger partial charge in [0.25, 0.3) is 0 Å². The number of rotatable bonds is 6. The van der Waals surface area contributed by atoms with Gasteiger partial charge in [-0.3, -0.25) is 4.79 Å². The maximum atomic E-state index is 12.5. The van der Waals surface area contributed by atoms with E-state index in [-0.39, 0.29) is 30.7 Å². The van der Waals surface area contributed by atoms with Gasteiger partial charge >= 0.3 is 0 Å². The van der Waals surface area contributed by atoms with E-state index in [0.29, 0.717) is 26.3 Å². The first kappa shape index (κ1) is 22.0. The number of hydrogen-bond acceptors (Lipinski definition) is 4. The average Bonchev–Trinajstić information content (AvgIpc) is 3.02. The van der Waals surface area contributed by atoms with Crippen LogP contribution in [0.3, 0.4) is 0 Å². The first-order valence-electron chi connectivity index (χ1n) is 8.64. The summed E-state index contributed by atoms with van der Waals surface area (Å²) in [5.74, 6) is 0.102. The van der Waals surface area contributed by atoms with Crippen molar-refractivity contribution >= 4 is 36.4 Å². The summed E-state index contributed by atoms with van der Waals surface area (Å²) in [6.45, 7) is 4.44. The van der Waals surface area contributed by atoms with Crippen LogP contribution < -0.4 is 16.0 Å². The zero-order valence-corrected chi connectivity index (χ0v) is 16.2. The fourth-order valence-corrected chi connectivity index (χ4v) is 3.58. The van der Waals surface area contributed by atoms with Crippen LogP contribution in [0.25, 0.3) is 0 Å². The molecule has 3 rings (SSSR count). The molecular weight excluding hydrogens is 361 g/mol. The van der Waals surface area contributed by atoms with Crippen molar-refractivity contribution in [2.24, 2.45) is 11.1 Å². The second-order valence-corrected chi connectivity index (χ2v) is 6.57. The van der Waals surface area contributed by atoms with E-state index in [9.17, 15) is 4.79 Å². The first-order chi connectivity index (χ1) is 11.2. The van der Waals surface area contributed by atoms with Crippen LogP contribution in [-0.4, -0.2) is 45.3 Å². The molecule has 2 heterocycles. The van der Waals surface area contributed by atoms with E-state index in [4.69, 9.17) is 10.5 Å². The summed E-state index contributed by atoms with van der Waals surface area (Å²) in [7, 11) is 0. The van der Waals surface area contributed by atoms with E-state index < -0.39 is 5.41 Å². The number of fused-ring (bicyclic) bond motifs is 1. The molecule has 142 valence electrons. The molecule has 1 amide bonds. The van der Waals surface area contributed by atoms with Crippen LogP contribution >= 0.6 is 24.8 Å². The van der Waals surface area contributed by atoms with Gasteiger partial charge in [-0.05, 0) is 37.3 Å². The number of nitrogens with one attached hydrogen (secondary N) is 1. The molecule has 25 heavy (non-hydrogen) atoms. The predicted octanol–water partition coefficient (Wildman–Crippen LogP) is 2.15. The summed E-state index contributed by atoms with van der Waals surface area (Å²) >= 11 is 0. The lowest BCUT2D eigenvalue weighted by atomic mass is 9.79. The highest BCUT2D eigenvalue weighted by molar-refractivity contribution is 5.85. The number of amides is 1. The Labute approximate surface area is 162 Å². The van der Waals surface area contributed by atoms with Gasteiger partial charge in [0.05, 0.1) is 5.41 Å². The Morgan fingerprint density at radius 3 is 2.68 bits per heavy atom. The fourth-order valence-electron chi connectivity index (χ4n) is 3.58. The van der Waals surface area contributed by atoms with Gasteiger partial charge in [0.2, 0.25) is 5.91 Å². The molecule has 0 spiro atoms. The van der Waals surface area contributed by atoms with Crippen molar-refractivity contribution < 1.29 is 9.53 Å². The second kappa shape index (κ2) is 10.2. The normalized spacial score (nSPS) is 17.9. The predicted molar refractivity (Wildman–Crippen MR) is 106 cm³/mol. The molecule has 1 fully saturated rings. The number of carbonyl (C=O) groups excluding carboxylic acids is 1. The van der Waals surface area contributed by atoms with Crippen molar-refractivity contribution in [1.29, 1.82) is 0 Å². The summed E-state index contributed by atoms with van der Waals surface area (Å²) in [5.41, 5.74) is 8.23. The Morgan fingerprint density at radius 1 is 1.24 bits per heavy atom. The van der Waals surface area contributed by atoms with Gasteiger partial charge in [0.1, 0.15) is 0 Å². The van der Waals surface area contributed by atoms with Gasteiger partial charge in [-0.15, -0.1) is 24.8 Å². The lowest BCUT2D eigenvalue weighted by Gasteiger charge is -2.34. The topological polar surface area (TPSA) is 67.6 Å². The average molecular weight is 390 g/mol. The molecule has 0 bridgehead atoms. The van der Waals surface area contributed by atoms with Gasteiger partial charge in [-0.25, -0.2) is 0 Å². The van der Waals surface area contributed by atoms with E-state index in [2.05, 4.69) is 34.5 Å². The van der Waals surface area contributed by atoms with Crippen molar-refractivity contribution in [2.75, 3.05) is 44.3 Å². The molecule has 0 aromatic heterocycles. The summed E-state index contributed by atoms with van der Waals surface area (Å²) in [5, 5.41) is 3.09. The fraction of sp³-hybridized carbons (Fsp3) is 0.611. The third-order valence-electron chi connectivity index (χ3n) is 5.20. The molecule has 2 aliphatic rings. The smallest absolute Gasteiger partial charge is 0.227 e. The maximum absolute atomic E-state index is 12.5. The number of ether oxygens (including phenoxy) is 1. The number of para-hydroxylation sites is 1. The van der Waals surface area contributed by atoms with Gasteiger partial charge in [0, 0.05) is 45.1 Å². The van der Waals surface area contributed by atoms with E-state index in [1.165, 1.54) is 11.3 Å². The number of nitrogens with zero attached hydrogens (tertiary/aromatic N) is 1. The van der Waals surface area contributed by atoms with Gasteiger partial charge in [-0.1, -0.05) is 18.2 Å². The van der Waals surface area contributed by atoms with Gasteiger partial charge < -0.3 is 20.7 Å². The van der Waals surface area contributed by atoms with Crippen LogP contribution in [0.1, 0.15) is 24.8 Å². The van der Waals surface area contributed by atoms with Crippen LogP contribution in [0.5, 0.6) is 0 Å². The number of hydrogen-bond donors (Lipinski definition) is 2. The lowest BCUT2D eigenvalue weighted by Crippen LogP contribution is -2.49. The molecule has 2 aliphatic heterocycles. The Bertz CT molecular complexity index is 551. The molecule has 0 saturated carbocycles. The molecule has 1 aromatic carbocycles. The Morgan fingerprint density at radius 2 is 1.96 bits per heavy atom. The van der Waals surface area contributed by atoms with Crippen LogP contribution in [0.15, 0.2) is 24.3 Å². The highest BCUT2D eigenvalue weighted by Gasteiger charge is 2.38. The van der Waals surface area contributed by atoms with Crippen molar-refractivity contribution in [3.8, 4) is 0 Å². The highest BCUT2D eigenvalue weighted by atomic mass is 35.5. The molecule has 0 unspecified atom stereocenters. The quantitative estimate of drug-likeness (QED) is 0.731. The zero-order chi connectivity index (χ0) is 16.1. The number of benzene rings is 1. The summed E-state index contributed by atoms with van der Waals surface area (Å²) in [6, 6.07) is 8.58. The monoisotopic (exact) mass is 389 g/mol. The zero-order valence-electron chi connectivity index (χ0n) is 14.5. The Hall–Kier alpha value is -1.01. The minimum Gasteiger partial charge on any atom is -0.381 e. The largest absolute Gasteiger partial charge is 0.381 e. The molecule has 5 nitrogen and oxygen atoms in total. The summed E-state index contributed by atoms with van der Waals surface area (Å²) in [4.78, 5) is 14.9. The number of halogens is 2. The highest BCUT2D eigenvalue weighted by Crippen LogP contribution is 2.29. The van der Waals surface area contributed by atoms with Crippen LogP contribution in [-0.2, 0) is 16.0 Å². The maximum Gasteiger partial charge on any atom is 0.227 e. The number of anilines is 1. The van der Waals surface area contributed by atoms with E-state index >= 15 is 0 Å². The summed E-state index contributed by atoms with van der Waals surface area (Å²) in [6.07, 6.45) is 3.54. The number of nitrogens with two attached hydrogens (primary N) is 1. The first-order valence-corrected chi connectivity index (χ1v) is 8.64. The van der Waals surface area contributed by atoms with Gasteiger partial charge in [0.15, 0.2) is 0 Å². The second-order valence-electron chi connectivity index (χ2n) is 6.57. The van der Waals surface area contributed by atoms with Crippen molar-refractivity contribution in [3.63, 3.8) is 0 Å². The third kappa shape index (κ3) is 5.00. The van der Waals surface area contributed by atoms with Gasteiger partial charge in [-0.2, -0.15) is 0 Å². The van der Waals surface area contributed by atoms with Crippen LogP contribution in [0, 0.1) is 5.41 Å². The van der Waals surface area contributed by atoms with E-state index in [0.717, 1.165) is 38.8 Å². The Balaban J connectivity index is 0.00000156. The van der Waals surface area contributed by atoms with Crippen molar-refractivity contribution in [2.45, 2.75) is 25.7 Å². The van der Waals surface area contributed by atoms with Crippen molar-refractivity contribution in [1.82, 2.24) is 5.32 Å². The molecule has 3 N–H and O–H groups in total. The van der Waals surface area contributed by atoms with Crippen LogP contribution in [0.2, 0.25) is 0 Å². The minimum absolute atomic E-state index is 0. The number of carbonyl (C=O) groups is 1. The standard InChI is InChI=1S/C18H27N3O2.2ClH/c19-14-18(7-12-23-13-8-18)17(22)20-9-3-10-21-11-6-15-4-1-2-5-16(15)21;;/h1-2,4-5H,3,6-14,19H2,(H,20,22);2*1H. The molecule has 1 aromatic rings. The summed E-state index contributed by atoms with van der Waals surface area (Å²) < 4.78 is 5.36. The molecule has 7 heteroatoms. The SMILES string of the molecule is Cl.Cl.NCC1(C(=O)NCCCN2CCc3ccccc32)CCOCC1. The Kier molecular flexibility index (Phi) is 9.00. The minimum atomic E-state index is -0.418. The molecule has 1 saturated heterocycles. The lowest BCUT2D eigenvalue weighted by molar-refractivity contribution is -0.135. The van der Waals surface area contributed by atoms with E-state index in [1.54, 1.807) is 0 Å². The molecule has 0 radical (unpaired) electrons. The van der Waals surface area contributed by atoms with Crippen molar-refractivity contribution in [3.05, 3.63) is 29.8 Å². The van der Waals surface area contributed by atoms with Crippen LogP contribution in [0.4, 0.5) is 5.69 Å². The van der Waals surface area contributed by atoms with E-state index in [1.807, 2.05) is 0 Å². The molecule has 0 aliphatic carbocycles. The molecular formula is C18H29Cl2N3O2.